The molecule has 1 amide bonds. The maximum Gasteiger partial charge on any atom is 0.224 e. The Morgan fingerprint density at radius 3 is 2.92 bits per heavy atom. The van der Waals surface area contributed by atoms with Gasteiger partial charge in [-0.2, -0.15) is 0 Å². The highest BCUT2D eigenvalue weighted by atomic mass is 16.5. The number of nitrogens with one attached hydrogen (secondary N) is 1. The van der Waals surface area contributed by atoms with Crippen molar-refractivity contribution in [3.63, 3.8) is 0 Å². The Morgan fingerprint density at radius 2 is 2.42 bits per heavy atom. The van der Waals surface area contributed by atoms with Crippen molar-refractivity contribution in [3.8, 4) is 0 Å². The molecule has 4 heteroatoms. The minimum Gasteiger partial charge on any atom is -0.375 e. The van der Waals surface area contributed by atoms with Crippen molar-refractivity contribution in [2.75, 3.05) is 33.8 Å². The lowest BCUT2D eigenvalue weighted by Crippen LogP contribution is -2.41. The molecular formula is C8H16N2O2. The SMILES string of the molecule is CN(C)C(=O)CC1CNCCO1. The minimum atomic E-state index is 0.0636. The average molecular weight is 172 g/mol. The van der Waals surface area contributed by atoms with Crippen molar-refractivity contribution in [2.24, 2.45) is 0 Å². The zero-order chi connectivity index (χ0) is 8.97. The van der Waals surface area contributed by atoms with E-state index in [0.717, 1.165) is 13.1 Å². The normalized spacial score (nSPS) is 23.7. The Bertz CT molecular complexity index is 153. The summed E-state index contributed by atoms with van der Waals surface area (Å²) in [7, 11) is 3.52. The second-order valence-corrected chi connectivity index (χ2v) is 3.19. The lowest BCUT2D eigenvalue weighted by molar-refractivity contribution is -0.132. The Kier molecular flexibility index (Phi) is 3.49. The minimum absolute atomic E-state index is 0.0636. The Hall–Kier alpha value is -0.610. The molecule has 4 nitrogen and oxygen atoms in total. The zero-order valence-electron chi connectivity index (χ0n) is 7.67. The lowest BCUT2D eigenvalue weighted by atomic mass is 10.2. The first-order chi connectivity index (χ1) is 5.70. The van der Waals surface area contributed by atoms with Gasteiger partial charge >= 0.3 is 0 Å². The van der Waals surface area contributed by atoms with E-state index in [2.05, 4.69) is 5.32 Å². The van der Waals surface area contributed by atoms with E-state index in [1.807, 2.05) is 0 Å². The molecule has 0 spiro atoms. The van der Waals surface area contributed by atoms with E-state index in [9.17, 15) is 4.79 Å². The fourth-order valence-electron chi connectivity index (χ4n) is 1.13. The summed E-state index contributed by atoms with van der Waals surface area (Å²) in [5.41, 5.74) is 0. The fourth-order valence-corrected chi connectivity index (χ4v) is 1.13. The molecule has 1 saturated heterocycles. The molecule has 0 aromatic heterocycles. The highest BCUT2D eigenvalue weighted by Gasteiger charge is 2.17. The number of nitrogens with zero attached hydrogens (tertiary/aromatic N) is 1. The van der Waals surface area contributed by atoms with Crippen LogP contribution >= 0.6 is 0 Å². The number of amides is 1. The molecule has 0 aromatic carbocycles. The van der Waals surface area contributed by atoms with E-state index in [1.165, 1.54) is 0 Å². The van der Waals surface area contributed by atoms with Crippen molar-refractivity contribution in [1.29, 1.82) is 0 Å². The molecular weight excluding hydrogens is 156 g/mol. The van der Waals surface area contributed by atoms with E-state index in [1.54, 1.807) is 19.0 Å². The summed E-state index contributed by atoms with van der Waals surface area (Å²) in [5, 5.41) is 3.18. The van der Waals surface area contributed by atoms with Gasteiger partial charge in [-0.3, -0.25) is 4.79 Å². The summed E-state index contributed by atoms with van der Waals surface area (Å²) in [6.45, 7) is 2.40. The first-order valence-corrected chi connectivity index (χ1v) is 4.22. The van der Waals surface area contributed by atoms with Crippen molar-refractivity contribution in [1.82, 2.24) is 10.2 Å². The standard InChI is InChI=1S/C8H16N2O2/c1-10(2)8(11)5-7-6-9-3-4-12-7/h7,9H,3-6H2,1-2H3. The fraction of sp³-hybridized carbons (Fsp3) is 0.875. The predicted molar refractivity (Wildman–Crippen MR) is 45.9 cm³/mol. The maximum absolute atomic E-state index is 11.2. The molecule has 1 heterocycles. The number of carbonyl (C=O) groups excluding carboxylic acids is 1. The molecule has 1 aliphatic rings. The number of ether oxygens (including phenoxy) is 1. The topological polar surface area (TPSA) is 41.6 Å². The largest absolute Gasteiger partial charge is 0.375 e. The summed E-state index contributed by atoms with van der Waals surface area (Å²) in [4.78, 5) is 12.8. The van der Waals surface area contributed by atoms with Gasteiger partial charge in [0.2, 0.25) is 5.91 Å². The van der Waals surface area contributed by atoms with Gasteiger partial charge in [-0.25, -0.2) is 0 Å². The summed E-state index contributed by atoms with van der Waals surface area (Å²) in [5.74, 6) is 0.128. The predicted octanol–water partition coefficient (Wildman–Crippen LogP) is -0.547. The van der Waals surface area contributed by atoms with E-state index in [0.29, 0.717) is 13.0 Å². The van der Waals surface area contributed by atoms with E-state index in [-0.39, 0.29) is 12.0 Å². The second kappa shape index (κ2) is 4.42. The van der Waals surface area contributed by atoms with Crippen molar-refractivity contribution >= 4 is 5.91 Å². The summed E-state index contributed by atoms with van der Waals surface area (Å²) in [6.07, 6.45) is 0.550. The molecule has 1 fully saturated rings. The summed E-state index contributed by atoms with van der Waals surface area (Å²) >= 11 is 0. The molecule has 1 atom stereocenters. The molecule has 0 bridgehead atoms. The van der Waals surface area contributed by atoms with Crippen LogP contribution < -0.4 is 5.32 Å². The highest BCUT2D eigenvalue weighted by molar-refractivity contribution is 5.76. The number of hydrogen-bond acceptors (Lipinski definition) is 3. The Balaban J connectivity index is 2.24. The van der Waals surface area contributed by atoms with Crippen LogP contribution in [0.15, 0.2) is 0 Å². The molecule has 1 aliphatic heterocycles. The number of morpholine rings is 1. The van der Waals surface area contributed by atoms with Gasteiger partial charge < -0.3 is 15.0 Å². The van der Waals surface area contributed by atoms with Crippen LogP contribution in [0.1, 0.15) is 6.42 Å². The number of carbonyl (C=O) groups is 1. The third kappa shape index (κ3) is 2.79. The molecule has 1 rings (SSSR count). The van der Waals surface area contributed by atoms with E-state index < -0.39 is 0 Å². The first-order valence-electron chi connectivity index (χ1n) is 4.22. The number of hydrogen-bond donors (Lipinski definition) is 1. The van der Waals surface area contributed by atoms with E-state index in [4.69, 9.17) is 4.74 Å². The van der Waals surface area contributed by atoms with Gasteiger partial charge in [-0.1, -0.05) is 0 Å². The third-order valence-electron chi connectivity index (χ3n) is 1.91. The van der Waals surface area contributed by atoms with E-state index >= 15 is 0 Å². The van der Waals surface area contributed by atoms with Gasteiger partial charge in [0.1, 0.15) is 0 Å². The molecule has 70 valence electrons. The van der Waals surface area contributed by atoms with Gasteiger partial charge in [-0.05, 0) is 0 Å². The van der Waals surface area contributed by atoms with Crippen LogP contribution in [-0.2, 0) is 9.53 Å². The van der Waals surface area contributed by atoms with Crippen LogP contribution in [0.25, 0.3) is 0 Å². The third-order valence-corrected chi connectivity index (χ3v) is 1.91. The molecule has 0 saturated carbocycles. The van der Waals surface area contributed by atoms with Gasteiger partial charge in [0.05, 0.1) is 19.1 Å². The zero-order valence-corrected chi connectivity index (χ0v) is 7.67. The van der Waals surface area contributed by atoms with Gasteiger partial charge in [0, 0.05) is 27.2 Å². The highest BCUT2D eigenvalue weighted by Crippen LogP contribution is 2.02. The van der Waals surface area contributed by atoms with Gasteiger partial charge in [0.15, 0.2) is 0 Å². The van der Waals surface area contributed by atoms with Gasteiger partial charge in [-0.15, -0.1) is 0 Å². The monoisotopic (exact) mass is 172 g/mol. The van der Waals surface area contributed by atoms with Crippen molar-refractivity contribution < 1.29 is 9.53 Å². The quantitative estimate of drug-likeness (QED) is 0.608. The maximum atomic E-state index is 11.2. The van der Waals surface area contributed by atoms with Crippen molar-refractivity contribution in [2.45, 2.75) is 12.5 Å². The molecule has 0 aliphatic carbocycles. The molecule has 0 aromatic rings. The van der Waals surface area contributed by atoms with Crippen LogP contribution in [0, 0.1) is 0 Å². The molecule has 0 radical (unpaired) electrons. The smallest absolute Gasteiger partial charge is 0.224 e. The van der Waals surface area contributed by atoms with Crippen LogP contribution in [0.3, 0.4) is 0 Å². The van der Waals surface area contributed by atoms with Gasteiger partial charge in [0.25, 0.3) is 0 Å². The summed E-state index contributed by atoms with van der Waals surface area (Å²) < 4.78 is 5.39. The average Bonchev–Trinajstić information content (AvgIpc) is 2.06. The van der Waals surface area contributed by atoms with Crippen LogP contribution in [0.2, 0.25) is 0 Å². The Morgan fingerprint density at radius 1 is 1.67 bits per heavy atom. The molecule has 12 heavy (non-hydrogen) atoms. The Labute approximate surface area is 72.9 Å². The second-order valence-electron chi connectivity index (χ2n) is 3.19. The van der Waals surface area contributed by atoms with Crippen LogP contribution in [-0.4, -0.2) is 50.7 Å². The molecule has 1 unspecified atom stereocenters. The van der Waals surface area contributed by atoms with Crippen LogP contribution in [0.5, 0.6) is 0 Å². The van der Waals surface area contributed by atoms with Crippen molar-refractivity contribution in [3.05, 3.63) is 0 Å². The summed E-state index contributed by atoms with van der Waals surface area (Å²) in [6, 6.07) is 0. The molecule has 1 N–H and O–H groups in total. The van der Waals surface area contributed by atoms with Crippen LogP contribution in [0.4, 0.5) is 0 Å². The number of rotatable bonds is 2. The lowest BCUT2D eigenvalue weighted by Gasteiger charge is -2.24. The first kappa shape index (κ1) is 9.48.